The van der Waals surface area contributed by atoms with Gasteiger partial charge >= 0.3 is 0 Å². The lowest BCUT2D eigenvalue weighted by molar-refractivity contribution is 0.296. The fourth-order valence-corrected chi connectivity index (χ4v) is 2.35. The molecule has 1 aromatic carbocycles. The number of nitrogens with two attached hydrogens (primary N) is 1. The molecule has 20 heavy (non-hydrogen) atoms. The summed E-state index contributed by atoms with van der Waals surface area (Å²) < 4.78 is 16.4. The number of hydrogen-bond donors (Lipinski definition) is 1. The van der Waals surface area contributed by atoms with E-state index >= 15 is 0 Å². The Kier molecular flexibility index (Phi) is 3.50. The van der Waals surface area contributed by atoms with Crippen molar-refractivity contribution in [1.29, 1.82) is 0 Å². The molecule has 6 nitrogen and oxygen atoms in total. The van der Waals surface area contributed by atoms with E-state index in [-0.39, 0.29) is 6.54 Å². The summed E-state index contributed by atoms with van der Waals surface area (Å²) in [6.45, 7) is 3.29. The Balaban J connectivity index is 2.12. The van der Waals surface area contributed by atoms with E-state index in [4.69, 9.17) is 31.3 Å². The smallest absolute Gasteiger partial charge is 0.240 e. The van der Waals surface area contributed by atoms with E-state index < -0.39 is 0 Å². The molecule has 0 spiro atoms. The minimum absolute atomic E-state index is 0.199. The first-order chi connectivity index (χ1) is 9.70. The van der Waals surface area contributed by atoms with Gasteiger partial charge in [0.05, 0.1) is 24.8 Å². The van der Waals surface area contributed by atoms with Crippen LogP contribution in [0.1, 0.15) is 17.9 Å². The van der Waals surface area contributed by atoms with Crippen molar-refractivity contribution in [3.05, 3.63) is 22.5 Å². The second kappa shape index (κ2) is 5.30. The van der Waals surface area contributed by atoms with Crippen LogP contribution in [0.15, 0.2) is 10.6 Å². The average molecular weight is 296 g/mol. The monoisotopic (exact) mass is 295 g/mol. The standard InChI is InChI=1S/C13H14ClN3O3/c1-7-8(13-16-10(6-15)20-17-13)5-9(14)12-11(7)18-3-2-4-19-12/h5H,2-4,6,15H2,1H3. The molecular formula is C13H14ClN3O3. The zero-order chi connectivity index (χ0) is 14.1. The fraction of sp³-hybridized carbons (Fsp3) is 0.385. The maximum absolute atomic E-state index is 6.27. The molecule has 2 N–H and O–H groups in total. The highest BCUT2D eigenvalue weighted by Gasteiger charge is 2.22. The summed E-state index contributed by atoms with van der Waals surface area (Å²) in [6, 6.07) is 1.76. The van der Waals surface area contributed by atoms with Crippen LogP contribution in [-0.2, 0) is 6.54 Å². The third-order valence-electron chi connectivity index (χ3n) is 3.10. The second-order valence-electron chi connectivity index (χ2n) is 4.46. The van der Waals surface area contributed by atoms with Crippen molar-refractivity contribution >= 4 is 11.6 Å². The van der Waals surface area contributed by atoms with E-state index in [0.29, 0.717) is 41.5 Å². The third kappa shape index (κ3) is 2.21. The summed E-state index contributed by atoms with van der Waals surface area (Å²) in [5.41, 5.74) is 7.10. The van der Waals surface area contributed by atoms with Gasteiger partial charge in [0.1, 0.15) is 0 Å². The molecule has 7 heteroatoms. The predicted octanol–water partition coefficient (Wildman–Crippen LogP) is 2.32. The van der Waals surface area contributed by atoms with Gasteiger partial charge in [0.2, 0.25) is 11.7 Å². The lowest BCUT2D eigenvalue weighted by Crippen LogP contribution is -1.99. The number of hydrogen-bond acceptors (Lipinski definition) is 6. The highest BCUT2D eigenvalue weighted by Crippen LogP contribution is 2.43. The molecule has 1 aliphatic rings. The summed E-state index contributed by atoms with van der Waals surface area (Å²) >= 11 is 6.27. The largest absolute Gasteiger partial charge is 0.489 e. The molecule has 0 saturated heterocycles. The average Bonchev–Trinajstić information content (AvgIpc) is 2.78. The number of ether oxygens (including phenoxy) is 2. The molecule has 2 aromatic rings. The normalized spacial score (nSPS) is 14.2. The molecule has 0 radical (unpaired) electrons. The maximum Gasteiger partial charge on any atom is 0.240 e. The summed E-state index contributed by atoms with van der Waals surface area (Å²) in [6.07, 6.45) is 0.819. The maximum atomic E-state index is 6.27. The molecule has 0 bridgehead atoms. The van der Waals surface area contributed by atoms with E-state index in [9.17, 15) is 0 Å². The van der Waals surface area contributed by atoms with Crippen molar-refractivity contribution in [1.82, 2.24) is 10.1 Å². The van der Waals surface area contributed by atoms with Crippen molar-refractivity contribution in [3.8, 4) is 22.9 Å². The van der Waals surface area contributed by atoms with Crippen molar-refractivity contribution in [3.63, 3.8) is 0 Å². The highest BCUT2D eigenvalue weighted by molar-refractivity contribution is 6.32. The summed E-state index contributed by atoms with van der Waals surface area (Å²) in [5, 5.41) is 4.38. The molecule has 0 atom stereocenters. The molecule has 0 fully saturated rings. The van der Waals surface area contributed by atoms with Crippen molar-refractivity contribution in [2.75, 3.05) is 13.2 Å². The SMILES string of the molecule is Cc1c(-c2noc(CN)n2)cc(Cl)c2c1OCCCO2. The van der Waals surface area contributed by atoms with E-state index in [1.165, 1.54) is 0 Å². The lowest BCUT2D eigenvalue weighted by Gasteiger charge is -2.14. The van der Waals surface area contributed by atoms with Crippen LogP contribution < -0.4 is 15.2 Å². The topological polar surface area (TPSA) is 83.4 Å². The highest BCUT2D eigenvalue weighted by atomic mass is 35.5. The second-order valence-corrected chi connectivity index (χ2v) is 4.86. The molecule has 106 valence electrons. The minimum Gasteiger partial charge on any atom is -0.489 e. The molecule has 1 aromatic heterocycles. The minimum atomic E-state index is 0.199. The van der Waals surface area contributed by atoms with Gasteiger partial charge in [0, 0.05) is 17.5 Å². The predicted molar refractivity (Wildman–Crippen MR) is 73.0 cm³/mol. The van der Waals surface area contributed by atoms with Gasteiger partial charge in [-0.15, -0.1) is 0 Å². The number of nitrogens with zero attached hydrogens (tertiary/aromatic N) is 2. The fourth-order valence-electron chi connectivity index (χ4n) is 2.10. The molecule has 0 saturated carbocycles. The first kappa shape index (κ1) is 13.2. The number of halogens is 1. The van der Waals surface area contributed by atoms with Crippen LogP contribution in [0, 0.1) is 6.92 Å². The van der Waals surface area contributed by atoms with Crippen LogP contribution in [0.5, 0.6) is 11.5 Å². The molecular weight excluding hydrogens is 282 g/mol. The molecule has 0 aliphatic carbocycles. The molecule has 0 unspecified atom stereocenters. The van der Waals surface area contributed by atoms with Gasteiger partial charge in [-0.2, -0.15) is 4.98 Å². The Morgan fingerprint density at radius 1 is 1.30 bits per heavy atom. The van der Waals surface area contributed by atoms with Gasteiger partial charge in [0.15, 0.2) is 11.5 Å². The van der Waals surface area contributed by atoms with Gasteiger partial charge in [-0.1, -0.05) is 16.8 Å². The van der Waals surface area contributed by atoms with Crippen LogP contribution in [0.3, 0.4) is 0 Å². The Hall–Kier alpha value is -1.79. The van der Waals surface area contributed by atoms with Gasteiger partial charge < -0.3 is 19.7 Å². The first-order valence-corrected chi connectivity index (χ1v) is 6.70. The number of fused-ring (bicyclic) bond motifs is 1. The Morgan fingerprint density at radius 2 is 2.05 bits per heavy atom. The first-order valence-electron chi connectivity index (χ1n) is 6.32. The van der Waals surface area contributed by atoms with Crippen molar-refractivity contribution < 1.29 is 14.0 Å². The molecule has 0 amide bonds. The summed E-state index contributed by atoms with van der Waals surface area (Å²) in [4.78, 5) is 4.22. The van der Waals surface area contributed by atoms with Crippen molar-refractivity contribution in [2.24, 2.45) is 5.73 Å². The van der Waals surface area contributed by atoms with E-state index in [1.807, 2.05) is 6.92 Å². The lowest BCUT2D eigenvalue weighted by atomic mass is 10.1. The number of rotatable bonds is 2. The van der Waals surface area contributed by atoms with E-state index in [0.717, 1.165) is 17.5 Å². The van der Waals surface area contributed by atoms with Gasteiger partial charge in [0.25, 0.3) is 0 Å². The Morgan fingerprint density at radius 3 is 2.75 bits per heavy atom. The summed E-state index contributed by atoms with van der Waals surface area (Å²) in [5.74, 6) is 2.04. The van der Waals surface area contributed by atoms with Gasteiger partial charge in [-0.25, -0.2) is 0 Å². The molecule has 1 aliphatic heterocycles. The van der Waals surface area contributed by atoms with Gasteiger partial charge in [-0.05, 0) is 13.0 Å². The van der Waals surface area contributed by atoms with Crippen LogP contribution in [0.2, 0.25) is 5.02 Å². The van der Waals surface area contributed by atoms with Crippen LogP contribution in [0.25, 0.3) is 11.4 Å². The zero-order valence-corrected chi connectivity index (χ0v) is 11.7. The Bertz CT molecular complexity index is 642. The number of benzene rings is 1. The Labute approximate surface area is 120 Å². The number of aromatic nitrogens is 2. The van der Waals surface area contributed by atoms with E-state index in [2.05, 4.69) is 10.1 Å². The third-order valence-corrected chi connectivity index (χ3v) is 3.38. The van der Waals surface area contributed by atoms with Crippen molar-refractivity contribution in [2.45, 2.75) is 19.9 Å². The van der Waals surface area contributed by atoms with Crippen LogP contribution >= 0.6 is 11.6 Å². The van der Waals surface area contributed by atoms with E-state index in [1.54, 1.807) is 6.07 Å². The van der Waals surface area contributed by atoms with Gasteiger partial charge in [-0.3, -0.25) is 0 Å². The quantitative estimate of drug-likeness (QED) is 0.915. The molecule has 3 rings (SSSR count). The summed E-state index contributed by atoms with van der Waals surface area (Å²) in [7, 11) is 0. The molecule has 2 heterocycles. The zero-order valence-electron chi connectivity index (χ0n) is 11.0. The van der Waals surface area contributed by atoms with Crippen LogP contribution in [-0.4, -0.2) is 23.4 Å². The van der Waals surface area contributed by atoms with Crippen LogP contribution in [0.4, 0.5) is 0 Å².